The normalized spacial score (nSPS) is 16.9. The Labute approximate surface area is 228 Å². The first-order valence-electron chi connectivity index (χ1n) is 12.6. The Bertz CT molecular complexity index is 1620. The molecule has 0 aromatic heterocycles. The van der Waals surface area contributed by atoms with E-state index in [1.54, 1.807) is 12.2 Å². The zero-order valence-electron chi connectivity index (χ0n) is 21.5. The van der Waals surface area contributed by atoms with Crippen LogP contribution in [0, 0.1) is 22.9 Å². The van der Waals surface area contributed by atoms with Gasteiger partial charge in [0.1, 0.15) is 11.2 Å². The molecule has 3 aliphatic rings. The number of aliphatic imine (C=N–C) groups is 1. The van der Waals surface area contributed by atoms with Crippen molar-refractivity contribution in [3.63, 3.8) is 0 Å². The molecule has 1 saturated carbocycles. The van der Waals surface area contributed by atoms with E-state index >= 15 is 8.78 Å². The Morgan fingerprint density at radius 3 is 2.45 bits per heavy atom. The Balaban J connectivity index is 1.35. The standard InChI is InChI=1S/C31H24F3N3O3/c1-3-19-5-4-6-22-23(15-19)18(2)11-14-35-28(22)40-27-17-24(33)26(16-25(27)34)37-30(39)31(12-13-31)29(38)36-21-9-7-20(32)8-10-21/h5-11,14-17H,2-3,12-13H2,1H3,(H,36,38)(H,37,39). The largest absolute Gasteiger partial charge is 0.435 e. The van der Waals surface area contributed by atoms with Crippen LogP contribution in [0.4, 0.5) is 24.5 Å². The number of carbonyl (C=O) groups excluding carboxylic acids is 2. The Morgan fingerprint density at radius 2 is 1.75 bits per heavy atom. The average molecular weight is 544 g/mol. The highest BCUT2D eigenvalue weighted by atomic mass is 19.1. The molecule has 1 heterocycles. The maximum absolute atomic E-state index is 15.1. The summed E-state index contributed by atoms with van der Waals surface area (Å²) in [6.45, 7) is 6.05. The highest BCUT2D eigenvalue weighted by molar-refractivity contribution is 6.17. The second-order valence-electron chi connectivity index (χ2n) is 9.49. The van der Waals surface area contributed by atoms with E-state index in [0.717, 1.165) is 24.1 Å². The lowest BCUT2D eigenvalue weighted by Crippen LogP contribution is -2.35. The number of nitrogens with one attached hydrogen (secondary N) is 2. The molecule has 0 radical (unpaired) electrons. The molecule has 1 aliphatic heterocycles. The van der Waals surface area contributed by atoms with Gasteiger partial charge in [-0.3, -0.25) is 9.59 Å². The molecule has 0 unspecified atom stereocenters. The number of anilines is 2. The molecule has 5 rings (SSSR count). The third-order valence-electron chi connectivity index (χ3n) is 6.77. The molecule has 2 N–H and O–H groups in total. The Morgan fingerprint density at radius 1 is 1.02 bits per heavy atom. The van der Waals surface area contributed by atoms with E-state index < -0.39 is 46.1 Å². The molecule has 40 heavy (non-hydrogen) atoms. The number of ether oxygens (including phenoxy) is 1. The third-order valence-corrected chi connectivity index (χ3v) is 6.77. The van der Waals surface area contributed by atoms with Crippen LogP contribution in [0.1, 0.15) is 26.2 Å². The van der Waals surface area contributed by atoms with Crippen LogP contribution in [-0.4, -0.2) is 17.7 Å². The minimum absolute atomic E-state index is 0.0175. The molecule has 0 atom stereocenters. The molecule has 2 aromatic rings. The molecule has 2 aliphatic carbocycles. The van der Waals surface area contributed by atoms with Gasteiger partial charge in [0.25, 0.3) is 0 Å². The van der Waals surface area contributed by atoms with Crippen LogP contribution in [0.2, 0.25) is 0 Å². The van der Waals surface area contributed by atoms with Crippen molar-refractivity contribution in [3.05, 3.63) is 119 Å². The maximum atomic E-state index is 15.1. The van der Waals surface area contributed by atoms with Gasteiger partial charge in [-0.1, -0.05) is 13.5 Å². The molecule has 0 bridgehead atoms. The number of nitrogens with zero attached hydrogens (tertiary/aromatic N) is 1. The summed E-state index contributed by atoms with van der Waals surface area (Å²) in [4.78, 5) is 30.0. The SMILES string of the molecule is C=C1C=CN=C(Oc2cc(F)c(NC(=O)C3(C(=O)Nc4ccc(F)cc4)CC3)cc2F)C2=C1C=C(CC)C=C=C2. The first-order valence-corrected chi connectivity index (χ1v) is 12.6. The van der Waals surface area contributed by atoms with Gasteiger partial charge in [0, 0.05) is 24.0 Å². The van der Waals surface area contributed by atoms with Crippen molar-refractivity contribution < 1.29 is 27.5 Å². The summed E-state index contributed by atoms with van der Waals surface area (Å²) >= 11 is 0. The Kier molecular flexibility index (Phi) is 7.15. The van der Waals surface area contributed by atoms with Gasteiger partial charge in [-0.2, -0.15) is 0 Å². The molecule has 2 amide bonds. The summed E-state index contributed by atoms with van der Waals surface area (Å²) in [5.41, 5.74) is 4.33. The second-order valence-corrected chi connectivity index (χ2v) is 9.49. The van der Waals surface area contributed by atoms with E-state index in [0.29, 0.717) is 22.4 Å². The molecule has 0 spiro atoms. The molecule has 202 valence electrons. The van der Waals surface area contributed by atoms with E-state index in [-0.39, 0.29) is 18.7 Å². The van der Waals surface area contributed by atoms with E-state index in [4.69, 9.17) is 4.74 Å². The van der Waals surface area contributed by atoms with Gasteiger partial charge in [-0.05, 0) is 84.6 Å². The number of amides is 2. The number of benzene rings is 2. The molecule has 1 fully saturated rings. The van der Waals surface area contributed by atoms with Gasteiger partial charge in [-0.15, -0.1) is 5.73 Å². The lowest BCUT2D eigenvalue weighted by molar-refractivity contribution is -0.131. The second kappa shape index (κ2) is 10.7. The van der Waals surface area contributed by atoms with Gasteiger partial charge in [0.15, 0.2) is 17.4 Å². The average Bonchev–Trinajstić information content (AvgIpc) is 3.77. The molecule has 0 saturated heterocycles. The van der Waals surface area contributed by atoms with Crippen molar-refractivity contribution in [3.8, 4) is 5.75 Å². The number of hydrogen-bond donors (Lipinski definition) is 2. The topological polar surface area (TPSA) is 79.8 Å². The summed E-state index contributed by atoms with van der Waals surface area (Å²) in [6, 6.07) is 6.65. The molecule has 2 aromatic carbocycles. The summed E-state index contributed by atoms with van der Waals surface area (Å²) in [6.07, 6.45) is 9.71. The first-order chi connectivity index (χ1) is 19.2. The summed E-state index contributed by atoms with van der Waals surface area (Å²) in [7, 11) is 0. The van der Waals surface area contributed by atoms with Crippen molar-refractivity contribution >= 4 is 29.1 Å². The summed E-state index contributed by atoms with van der Waals surface area (Å²) in [5.74, 6) is -4.22. The zero-order valence-corrected chi connectivity index (χ0v) is 21.5. The van der Waals surface area contributed by atoms with Crippen molar-refractivity contribution in [2.24, 2.45) is 10.4 Å². The minimum Gasteiger partial charge on any atom is -0.435 e. The fourth-order valence-corrected chi connectivity index (χ4v) is 4.21. The monoisotopic (exact) mass is 543 g/mol. The van der Waals surface area contributed by atoms with Gasteiger partial charge >= 0.3 is 0 Å². The van der Waals surface area contributed by atoms with Crippen molar-refractivity contribution in [1.29, 1.82) is 0 Å². The predicted octanol–water partition coefficient (Wildman–Crippen LogP) is 6.68. The van der Waals surface area contributed by atoms with Gasteiger partial charge in [-0.25, -0.2) is 18.2 Å². The van der Waals surface area contributed by atoms with Crippen LogP contribution < -0.4 is 15.4 Å². The third kappa shape index (κ3) is 5.32. The number of halogens is 3. The van der Waals surface area contributed by atoms with Crippen molar-refractivity contribution in [2.45, 2.75) is 26.2 Å². The quantitative estimate of drug-likeness (QED) is 0.315. The smallest absolute Gasteiger partial charge is 0.240 e. The van der Waals surface area contributed by atoms with Gasteiger partial charge in [0.05, 0.1) is 11.3 Å². The van der Waals surface area contributed by atoms with Crippen molar-refractivity contribution in [1.82, 2.24) is 0 Å². The molecule has 9 heteroatoms. The van der Waals surface area contributed by atoms with Crippen LogP contribution >= 0.6 is 0 Å². The van der Waals surface area contributed by atoms with Crippen molar-refractivity contribution in [2.75, 3.05) is 10.6 Å². The highest BCUT2D eigenvalue weighted by Crippen LogP contribution is 2.47. The molecule has 6 nitrogen and oxygen atoms in total. The van der Waals surface area contributed by atoms with Gasteiger partial charge < -0.3 is 15.4 Å². The van der Waals surface area contributed by atoms with Crippen LogP contribution in [0.25, 0.3) is 0 Å². The predicted molar refractivity (Wildman–Crippen MR) is 146 cm³/mol. The zero-order chi connectivity index (χ0) is 28.4. The van der Waals surface area contributed by atoms with E-state index in [1.165, 1.54) is 30.5 Å². The molecular weight excluding hydrogens is 519 g/mol. The van der Waals surface area contributed by atoms with Crippen LogP contribution in [0.3, 0.4) is 0 Å². The molecular formula is C31H24F3N3O3. The lowest BCUT2D eigenvalue weighted by atomic mass is 9.99. The maximum Gasteiger partial charge on any atom is 0.240 e. The number of allylic oxidation sites excluding steroid dienone is 5. The van der Waals surface area contributed by atoms with Crippen LogP contribution in [-0.2, 0) is 9.59 Å². The number of rotatable bonds is 6. The first kappa shape index (κ1) is 26.7. The lowest BCUT2D eigenvalue weighted by Gasteiger charge is -2.17. The summed E-state index contributed by atoms with van der Waals surface area (Å²) in [5, 5.41) is 4.88. The van der Waals surface area contributed by atoms with E-state index in [1.807, 2.05) is 19.1 Å². The summed E-state index contributed by atoms with van der Waals surface area (Å²) < 4.78 is 49.0. The van der Waals surface area contributed by atoms with Gasteiger partial charge in [0.2, 0.25) is 17.7 Å². The number of carbonyl (C=O) groups is 2. The fraction of sp³-hybridized carbons (Fsp3) is 0.161. The highest BCUT2D eigenvalue weighted by Gasteiger charge is 2.56. The minimum atomic E-state index is -1.44. The number of hydrogen-bond acceptors (Lipinski definition) is 4. The van der Waals surface area contributed by atoms with E-state index in [2.05, 4.69) is 27.9 Å². The fourth-order valence-electron chi connectivity index (χ4n) is 4.21. The Hall–Kier alpha value is -4.88. The van der Waals surface area contributed by atoms with Crippen LogP contribution in [0.15, 0.2) is 106 Å². The van der Waals surface area contributed by atoms with Crippen LogP contribution in [0.5, 0.6) is 5.75 Å². The van der Waals surface area contributed by atoms with E-state index in [9.17, 15) is 14.0 Å².